The highest BCUT2D eigenvalue weighted by molar-refractivity contribution is 5.97. The second-order valence-corrected chi connectivity index (χ2v) is 5.27. The van der Waals surface area contributed by atoms with Crippen LogP contribution in [0.15, 0.2) is 48.5 Å². The molecule has 5 heteroatoms. The zero-order valence-electron chi connectivity index (χ0n) is 13.2. The number of carbonyl (C=O) groups excluding carboxylic acids is 2. The summed E-state index contributed by atoms with van der Waals surface area (Å²) in [5.74, 6) is -0.628. The molecule has 0 radical (unpaired) electrons. The van der Waals surface area contributed by atoms with Gasteiger partial charge < -0.3 is 10.2 Å². The molecule has 0 bridgehead atoms. The van der Waals surface area contributed by atoms with Gasteiger partial charge in [-0.25, -0.2) is 4.39 Å². The predicted octanol–water partition coefficient (Wildman–Crippen LogP) is 3.45. The minimum Gasteiger partial charge on any atom is -0.337 e. The molecule has 0 atom stereocenters. The van der Waals surface area contributed by atoms with Gasteiger partial charge >= 0.3 is 0 Å². The number of hydrogen-bond acceptors (Lipinski definition) is 2. The summed E-state index contributed by atoms with van der Waals surface area (Å²) in [6.45, 7) is 2.07. The van der Waals surface area contributed by atoms with Gasteiger partial charge in [0.1, 0.15) is 5.82 Å². The second kappa shape index (κ2) is 7.54. The Balaban J connectivity index is 2.10. The summed E-state index contributed by atoms with van der Waals surface area (Å²) in [5, 5.41) is 2.72. The van der Waals surface area contributed by atoms with Crippen molar-refractivity contribution in [3.05, 3.63) is 65.5 Å². The van der Waals surface area contributed by atoms with Crippen LogP contribution >= 0.6 is 0 Å². The Kier molecular flexibility index (Phi) is 5.46. The number of amides is 2. The Hall–Kier alpha value is -2.69. The van der Waals surface area contributed by atoms with E-state index in [1.165, 1.54) is 17.0 Å². The number of rotatable bonds is 5. The molecule has 4 nitrogen and oxygen atoms in total. The molecular weight excluding hydrogens is 295 g/mol. The van der Waals surface area contributed by atoms with Gasteiger partial charge in [0.2, 0.25) is 5.91 Å². The summed E-state index contributed by atoms with van der Waals surface area (Å²) in [4.78, 5) is 25.4. The van der Waals surface area contributed by atoms with Crippen molar-refractivity contribution in [3.8, 4) is 0 Å². The van der Waals surface area contributed by atoms with E-state index in [-0.39, 0.29) is 17.6 Å². The third-order valence-electron chi connectivity index (χ3n) is 3.37. The van der Waals surface area contributed by atoms with Gasteiger partial charge in [-0.15, -0.1) is 0 Å². The molecule has 0 spiro atoms. The number of halogens is 1. The molecule has 0 aromatic heterocycles. The Morgan fingerprint density at radius 3 is 2.57 bits per heavy atom. The fourth-order valence-corrected chi connectivity index (χ4v) is 2.18. The van der Waals surface area contributed by atoms with Gasteiger partial charge in [-0.1, -0.05) is 25.1 Å². The number of benzene rings is 2. The quantitative estimate of drug-likeness (QED) is 0.919. The number of nitrogens with one attached hydrogen (secondary N) is 1. The Labute approximate surface area is 134 Å². The molecule has 1 N–H and O–H groups in total. The van der Waals surface area contributed by atoms with Crippen LogP contribution in [0.4, 0.5) is 10.1 Å². The lowest BCUT2D eigenvalue weighted by Gasteiger charge is -2.18. The Morgan fingerprint density at radius 2 is 1.87 bits per heavy atom. The summed E-state index contributed by atoms with van der Waals surface area (Å²) in [7, 11) is 1.66. The van der Waals surface area contributed by atoms with Crippen LogP contribution in [0.5, 0.6) is 0 Å². The third kappa shape index (κ3) is 4.64. The molecule has 0 unspecified atom stereocenters. The minimum absolute atomic E-state index is 0.109. The maximum Gasteiger partial charge on any atom is 0.253 e. The first-order valence-electron chi connectivity index (χ1n) is 7.39. The summed E-state index contributed by atoms with van der Waals surface area (Å²) < 4.78 is 13.2. The van der Waals surface area contributed by atoms with Gasteiger partial charge in [0.25, 0.3) is 5.91 Å². The molecular formula is C18H19FN2O2. The highest BCUT2D eigenvalue weighted by Crippen LogP contribution is 2.14. The number of carbonyl (C=O) groups is 2. The maximum absolute atomic E-state index is 13.2. The second-order valence-electron chi connectivity index (χ2n) is 5.27. The van der Waals surface area contributed by atoms with Crippen LogP contribution in [-0.4, -0.2) is 23.8 Å². The first kappa shape index (κ1) is 16.7. The van der Waals surface area contributed by atoms with Crippen molar-refractivity contribution in [2.45, 2.75) is 19.9 Å². The average molecular weight is 314 g/mol. The fraction of sp³-hybridized carbons (Fsp3) is 0.222. The number of nitrogens with zero attached hydrogens (tertiary/aromatic N) is 1. The lowest BCUT2D eigenvalue weighted by molar-refractivity contribution is -0.115. The summed E-state index contributed by atoms with van der Waals surface area (Å²) in [5.41, 5.74) is 1.77. The van der Waals surface area contributed by atoms with Crippen LogP contribution in [0.3, 0.4) is 0 Å². The van der Waals surface area contributed by atoms with Gasteiger partial charge in [0.05, 0.1) is 0 Å². The van der Waals surface area contributed by atoms with E-state index in [0.29, 0.717) is 24.2 Å². The van der Waals surface area contributed by atoms with Gasteiger partial charge in [0.15, 0.2) is 0 Å². The molecule has 2 aromatic carbocycles. The van der Waals surface area contributed by atoms with E-state index < -0.39 is 0 Å². The van der Waals surface area contributed by atoms with Gasteiger partial charge in [0, 0.05) is 31.3 Å². The highest BCUT2D eigenvalue weighted by atomic mass is 19.1. The summed E-state index contributed by atoms with van der Waals surface area (Å²) in [6.07, 6.45) is 0.373. The van der Waals surface area contributed by atoms with Crippen molar-refractivity contribution < 1.29 is 14.0 Å². The first-order valence-corrected chi connectivity index (χ1v) is 7.39. The molecule has 0 aliphatic rings. The molecule has 2 rings (SSSR count). The molecule has 120 valence electrons. The predicted molar refractivity (Wildman–Crippen MR) is 87.6 cm³/mol. The highest BCUT2D eigenvalue weighted by Gasteiger charge is 2.13. The van der Waals surface area contributed by atoms with E-state index in [1.807, 2.05) is 0 Å². The zero-order valence-corrected chi connectivity index (χ0v) is 13.2. The van der Waals surface area contributed by atoms with E-state index in [2.05, 4.69) is 5.32 Å². The Bertz CT molecular complexity index is 716. The molecule has 0 saturated carbocycles. The van der Waals surface area contributed by atoms with E-state index >= 15 is 0 Å². The molecule has 0 fully saturated rings. The van der Waals surface area contributed by atoms with E-state index in [0.717, 1.165) is 5.56 Å². The van der Waals surface area contributed by atoms with Crippen LogP contribution in [0.1, 0.15) is 29.3 Å². The molecule has 0 heterocycles. The zero-order chi connectivity index (χ0) is 16.8. The van der Waals surface area contributed by atoms with Crippen molar-refractivity contribution in [3.63, 3.8) is 0 Å². The fourth-order valence-electron chi connectivity index (χ4n) is 2.18. The molecule has 0 aliphatic heterocycles. The van der Waals surface area contributed by atoms with Crippen LogP contribution in [-0.2, 0) is 11.3 Å². The first-order chi connectivity index (χ1) is 11.0. The van der Waals surface area contributed by atoms with Crippen LogP contribution in [0.2, 0.25) is 0 Å². The number of anilines is 1. The van der Waals surface area contributed by atoms with Crippen LogP contribution in [0.25, 0.3) is 0 Å². The minimum atomic E-state index is -0.326. The maximum atomic E-state index is 13.2. The van der Waals surface area contributed by atoms with Gasteiger partial charge in [-0.05, 0) is 35.9 Å². The SMILES string of the molecule is CCC(=O)Nc1cccc(C(=O)N(C)Cc2cccc(F)c2)c1. The average Bonchev–Trinajstić information content (AvgIpc) is 2.54. The van der Waals surface area contributed by atoms with Gasteiger partial charge in [-0.2, -0.15) is 0 Å². The summed E-state index contributed by atoms with van der Waals surface area (Å²) >= 11 is 0. The Morgan fingerprint density at radius 1 is 1.13 bits per heavy atom. The van der Waals surface area contributed by atoms with Crippen molar-refractivity contribution in [1.29, 1.82) is 0 Å². The van der Waals surface area contributed by atoms with Crippen molar-refractivity contribution >= 4 is 17.5 Å². The molecule has 23 heavy (non-hydrogen) atoms. The molecule has 2 amide bonds. The van der Waals surface area contributed by atoms with Crippen LogP contribution in [0, 0.1) is 5.82 Å². The van der Waals surface area contributed by atoms with E-state index in [4.69, 9.17) is 0 Å². The smallest absolute Gasteiger partial charge is 0.253 e. The topological polar surface area (TPSA) is 49.4 Å². The largest absolute Gasteiger partial charge is 0.337 e. The van der Waals surface area contributed by atoms with Crippen molar-refractivity contribution in [1.82, 2.24) is 4.90 Å². The van der Waals surface area contributed by atoms with Crippen LogP contribution < -0.4 is 5.32 Å². The normalized spacial score (nSPS) is 10.2. The molecule has 2 aromatic rings. The molecule has 0 saturated heterocycles. The van der Waals surface area contributed by atoms with E-state index in [1.54, 1.807) is 50.4 Å². The lowest BCUT2D eigenvalue weighted by atomic mass is 10.1. The van der Waals surface area contributed by atoms with Crippen molar-refractivity contribution in [2.24, 2.45) is 0 Å². The van der Waals surface area contributed by atoms with Crippen molar-refractivity contribution in [2.75, 3.05) is 12.4 Å². The molecule has 0 aliphatic carbocycles. The van der Waals surface area contributed by atoms with Gasteiger partial charge in [-0.3, -0.25) is 9.59 Å². The summed E-state index contributed by atoms with van der Waals surface area (Å²) in [6, 6.07) is 12.9. The lowest BCUT2D eigenvalue weighted by Crippen LogP contribution is -2.26. The third-order valence-corrected chi connectivity index (χ3v) is 3.37. The van der Waals surface area contributed by atoms with E-state index in [9.17, 15) is 14.0 Å². The monoisotopic (exact) mass is 314 g/mol. The standard InChI is InChI=1S/C18H19FN2O2/c1-3-17(22)20-16-9-5-7-14(11-16)18(23)21(2)12-13-6-4-8-15(19)10-13/h4-11H,3,12H2,1-2H3,(H,20,22). The number of hydrogen-bond donors (Lipinski definition) is 1.